The van der Waals surface area contributed by atoms with Crippen molar-refractivity contribution in [3.8, 4) is 0 Å². The number of nitrogens with zero attached hydrogens (tertiary/aromatic N) is 2. The zero-order chi connectivity index (χ0) is 11.9. The Morgan fingerprint density at radius 3 is 2.41 bits per heavy atom. The summed E-state index contributed by atoms with van der Waals surface area (Å²) < 4.78 is 5.73. The molecule has 1 N–H and O–H groups in total. The molecule has 1 atom stereocenters. The summed E-state index contributed by atoms with van der Waals surface area (Å²) in [6.45, 7) is 12.6. The third-order valence-electron chi connectivity index (χ3n) is 3.78. The number of rotatable bonds is 5. The fourth-order valence-corrected chi connectivity index (χ4v) is 2.68. The van der Waals surface area contributed by atoms with Gasteiger partial charge in [-0.05, 0) is 19.4 Å². The molecule has 0 saturated carbocycles. The number of piperazine rings is 1. The molecule has 2 heterocycles. The molecule has 0 aliphatic carbocycles. The van der Waals surface area contributed by atoms with Crippen LogP contribution in [0.4, 0.5) is 0 Å². The van der Waals surface area contributed by atoms with Crippen molar-refractivity contribution < 1.29 is 4.74 Å². The van der Waals surface area contributed by atoms with E-state index in [1.807, 2.05) is 0 Å². The zero-order valence-electron chi connectivity index (χ0n) is 11.2. The predicted octanol–water partition coefficient (Wildman–Crippen LogP) is 0.393. The van der Waals surface area contributed by atoms with Crippen LogP contribution >= 0.6 is 0 Å². The molecule has 2 fully saturated rings. The predicted molar refractivity (Wildman–Crippen MR) is 70.4 cm³/mol. The van der Waals surface area contributed by atoms with Gasteiger partial charge in [0, 0.05) is 45.8 Å². The van der Waals surface area contributed by atoms with Gasteiger partial charge in [-0.25, -0.2) is 0 Å². The SMILES string of the molecule is CCCN1CCN(CCC2CNCCO2)CC1. The smallest absolute Gasteiger partial charge is 0.0712 e. The monoisotopic (exact) mass is 241 g/mol. The fourth-order valence-electron chi connectivity index (χ4n) is 2.68. The van der Waals surface area contributed by atoms with E-state index in [4.69, 9.17) is 4.74 Å². The van der Waals surface area contributed by atoms with E-state index in [-0.39, 0.29) is 0 Å². The molecule has 0 radical (unpaired) electrons. The highest BCUT2D eigenvalue weighted by atomic mass is 16.5. The molecule has 4 heteroatoms. The molecule has 2 saturated heterocycles. The molecular formula is C13H27N3O. The lowest BCUT2D eigenvalue weighted by atomic mass is 10.2. The molecule has 0 aromatic carbocycles. The van der Waals surface area contributed by atoms with E-state index < -0.39 is 0 Å². The topological polar surface area (TPSA) is 27.7 Å². The van der Waals surface area contributed by atoms with Crippen molar-refractivity contribution in [1.29, 1.82) is 0 Å². The molecule has 0 amide bonds. The molecule has 100 valence electrons. The van der Waals surface area contributed by atoms with Gasteiger partial charge in [0.15, 0.2) is 0 Å². The van der Waals surface area contributed by atoms with Gasteiger partial charge >= 0.3 is 0 Å². The van der Waals surface area contributed by atoms with E-state index in [2.05, 4.69) is 22.0 Å². The molecule has 1 unspecified atom stereocenters. The van der Waals surface area contributed by atoms with Gasteiger partial charge in [-0.2, -0.15) is 0 Å². The Kier molecular flexibility index (Phi) is 5.71. The van der Waals surface area contributed by atoms with E-state index in [1.54, 1.807) is 0 Å². The van der Waals surface area contributed by atoms with Crippen molar-refractivity contribution in [3.63, 3.8) is 0 Å². The maximum Gasteiger partial charge on any atom is 0.0712 e. The highest BCUT2D eigenvalue weighted by Crippen LogP contribution is 2.07. The van der Waals surface area contributed by atoms with Gasteiger partial charge in [0.05, 0.1) is 12.7 Å². The lowest BCUT2D eigenvalue weighted by Crippen LogP contribution is -2.48. The van der Waals surface area contributed by atoms with Crippen molar-refractivity contribution >= 4 is 0 Å². The van der Waals surface area contributed by atoms with Crippen molar-refractivity contribution in [3.05, 3.63) is 0 Å². The van der Waals surface area contributed by atoms with Crippen molar-refractivity contribution in [2.45, 2.75) is 25.9 Å². The van der Waals surface area contributed by atoms with Gasteiger partial charge < -0.3 is 19.9 Å². The normalized spacial score (nSPS) is 28.4. The molecule has 17 heavy (non-hydrogen) atoms. The molecule has 0 bridgehead atoms. The van der Waals surface area contributed by atoms with E-state index in [9.17, 15) is 0 Å². The molecule has 0 spiro atoms. The van der Waals surface area contributed by atoms with Crippen LogP contribution in [0.15, 0.2) is 0 Å². The summed E-state index contributed by atoms with van der Waals surface area (Å²) in [6, 6.07) is 0. The Balaban J connectivity index is 1.57. The number of nitrogens with one attached hydrogen (secondary N) is 1. The van der Waals surface area contributed by atoms with Crippen molar-refractivity contribution in [2.24, 2.45) is 0 Å². The summed E-state index contributed by atoms with van der Waals surface area (Å²) in [5.74, 6) is 0. The first kappa shape index (κ1) is 13.3. The van der Waals surface area contributed by atoms with Gasteiger partial charge in [0.2, 0.25) is 0 Å². The van der Waals surface area contributed by atoms with Gasteiger partial charge in [-0.3, -0.25) is 0 Å². The second kappa shape index (κ2) is 7.31. The van der Waals surface area contributed by atoms with Crippen LogP contribution in [-0.4, -0.2) is 74.9 Å². The minimum absolute atomic E-state index is 0.442. The summed E-state index contributed by atoms with van der Waals surface area (Å²) in [5, 5.41) is 3.39. The fraction of sp³-hybridized carbons (Fsp3) is 1.00. The second-order valence-corrected chi connectivity index (χ2v) is 5.17. The third kappa shape index (κ3) is 4.54. The second-order valence-electron chi connectivity index (χ2n) is 5.17. The number of hydrogen-bond donors (Lipinski definition) is 1. The van der Waals surface area contributed by atoms with E-state index >= 15 is 0 Å². The maximum absolute atomic E-state index is 5.73. The van der Waals surface area contributed by atoms with Crippen LogP contribution in [0.3, 0.4) is 0 Å². The molecule has 0 aromatic rings. The number of morpholine rings is 1. The lowest BCUT2D eigenvalue weighted by Gasteiger charge is -2.35. The summed E-state index contributed by atoms with van der Waals surface area (Å²) in [6.07, 6.45) is 2.90. The number of hydrogen-bond acceptors (Lipinski definition) is 4. The van der Waals surface area contributed by atoms with Gasteiger partial charge in [-0.15, -0.1) is 0 Å². The van der Waals surface area contributed by atoms with Crippen LogP contribution in [-0.2, 0) is 4.74 Å². The standard InChI is InChI=1S/C13H27N3O/c1-2-5-15-7-9-16(10-8-15)6-3-13-12-14-4-11-17-13/h13-14H,2-12H2,1H3. The Labute approximate surface area is 105 Å². The van der Waals surface area contributed by atoms with E-state index in [0.29, 0.717) is 6.10 Å². The van der Waals surface area contributed by atoms with E-state index in [1.165, 1.54) is 52.1 Å². The van der Waals surface area contributed by atoms with Crippen LogP contribution in [0.1, 0.15) is 19.8 Å². The van der Waals surface area contributed by atoms with Gasteiger partial charge in [0.1, 0.15) is 0 Å². The minimum atomic E-state index is 0.442. The zero-order valence-corrected chi connectivity index (χ0v) is 11.2. The van der Waals surface area contributed by atoms with Crippen LogP contribution in [0.25, 0.3) is 0 Å². The Bertz CT molecular complexity index is 199. The van der Waals surface area contributed by atoms with Crippen LogP contribution < -0.4 is 5.32 Å². The van der Waals surface area contributed by atoms with Gasteiger partial charge in [-0.1, -0.05) is 6.92 Å². The lowest BCUT2D eigenvalue weighted by molar-refractivity contribution is 0.0138. The quantitative estimate of drug-likeness (QED) is 0.754. The highest BCUT2D eigenvalue weighted by Gasteiger charge is 2.18. The summed E-state index contributed by atoms with van der Waals surface area (Å²) in [4.78, 5) is 5.17. The molecular weight excluding hydrogens is 214 g/mol. The average Bonchev–Trinajstić information content (AvgIpc) is 2.40. The molecule has 2 rings (SSSR count). The molecule has 2 aliphatic heterocycles. The summed E-state index contributed by atoms with van der Waals surface area (Å²) in [7, 11) is 0. The first-order valence-corrected chi connectivity index (χ1v) is 7.15. The highest BCUT2D eigenvalue weighted by molar-refractivity contribution is 4.74. The maximum atomic E-state index is 5.73. The van der Waals surface area contributed by atoms with Crippen molar-refractivity contribution in [2.75, 3.05) is 59.0 Å². The Morgan fingerprint density at radius 1 is 1.12 bits per heavy atom. The Hall–Kier alpha value is -0.160. The first-order valence-electron chi connectivity index (χ1n) is 7.15. The summed E-state index contributed by atoms with van der Waals surface area (Å²) >= 11 is 0. The number of ether oxygens (including phenoxy) is 1. The molecule has 2 aliphatic rings. The minimum Gasteiger partial charge on any atom is -0.376 e. The van der Waals surface area contributed by atoms with Crippen molar-refractivity contribution in [1.82, 2.24) is 15.1 Å². The largest absolute Gasteiger partial charge is 0.376 e. The molecule has 4 nitrogen and oxygen atoms in total. The van der Waals surface area contributed by atoms with E-state index in [0.717, 1.165) is 19.7 Å². The van der Waals surface area contributed by atoms with Crippen LogP contribution in [0.2, 0.25) is 0 Å². The summed E-state index contributed by atoms with van der Waals surface area (Å²) in [5.41, 5.74) is 0. The van der Waals surface area contributed by atoms with Crippen LogP contribution in [0, 0.1) is 0 Å². The third-order valence-corrected chi connectivity index (χ3v) is 3.78. The van der Waals surface area contributed by atoms with Gasteiger partial charge in [0.25, 0.3) is 0 Å². The Morgan fingerprint density at radius 2 is 1.82 bits per heavy atom. The van der Waals surface area contributed by atoms with Crippen LogP contribution in [0.5, 0.6) is 0 Å². The molecule has 0 aromatic heterocycles. The average molecular weight is 241 g/mol. The first-order chi connectivity index (χ1) is 8.38.